The highest BCUT2D eigenvalue weighted by atomic mass is 32.1. The molecule has 0 N–H and O–H groups in total. The van der Waals surface area contributed by atoms with Gasteiger partial charge in [-0.2, -0.15) is 4.98 Å². The summed E-state index contributed by atoms with van der Waals surface area (Å²) in [6, 6.07) is 5.32. The molecule has 1 aliphatic heterocycles. The lowest BCUT2D eigenvalue weighted by atomic mass is 9.99. The Kier molecular flexibility index (Phi) is 4.23. The number of amides is 1. The van der Waals surface area contributed by atoms with E-state index >= 15 is 0 Å². The van der Waals surface area contributed by atoms with Gasteiger partial charge in [-0.05, 0) is 49.4 Å². The number of fused-ring (bicyclic) bond motifs is 1. The molecule has 28 heavy (non-hydrogen) atoms. The largest absolute Gasteiger partial charge is 0.333 e. The predicted octanol–water partition coefficient (Wildman–Crippen LogP) is 4.48. The van der Waals surface area contributed by atoms with E-state index in [4.69, 9.17) is 4.52 Å². The van der Waals surface area contributed by atoms with E-state index in [9.17, 15) is 13.6 Å². The lowest BCUT2D eigenvalue weighted by molar-refractivity contribution is -0.117. The number of hydrogen-bond donors (Lipinski definition) is 0. The monoisotopic (exact) mass is 401 g/mol. The van der Waals surface area contributed by atoms with Crippen molar-refractivity contribution in [2.24, 2.45) is 0 Å². The van der Waals surface area contributed by atoms with Gasteiger partial charge < -0.3 is 9.42 Å². The maximum Gasteiger partial charge on any atom is 0.268 e. The summed E-state index contributed by atoms with van der Waals surface area (Å²) in [5, 5.41) is 4.07. The van der Waals surface area contributed by atoms with E-state index in [1.54, 1.807) is 11.3 Å². The molecule has 0 bridgehead atoms. The van der Waals surface area contributed by atoms with Crippen LogP contribution in [0.1, 0.15) is 41.4 Å². The van der Waals surface area contributed by atoms with Crippen LogP contribution in [0.25, 0.3) is 10.8 Å². The van der Waals surface area contributed by atoms with Crippen LogP contribution in [0.4, 0.5) is 14.5 Å². The summed E-state index contributed by atoms with van der Waals surface area (Å²) < 4.78 is 32.7. The van der Waals surface area contributed by atoms with E-state index in [1.807, 2.05) is 0 Å². The van der Waals surface area contributed by atoms with Gasteiger partial charge in [0, 0.05) is 29.8 Å². The topological polar surface area (TPSA) is 59.2 Å². The first kappa shape index (κ1) is 17.5. The molecule has 1 fully saturated rings. The molecule has 8 heteroatoms. The molecular weight excluding hydrogens is 384 g/mol. The van der Waals surface area contributed by atoms with Crippen LogP contribution in [-0.4, -0.2) is 22.6 Å². The summed E-state index contributed by atoms with van der Waals surface area (Å²) in [4.78, 5) is 20.5. The van der Waals surface area contributed by atoms with Crippen molar-refractivity contribution in [3.63, 3.8) is 0 Å². The van der Waals surface area contributed by atoms with Gasteiger partial charge >= 0.3 is 0 Å². The molecule has 0 radical (unpaired) electrons. The van der Waals surface area contributed by atoms with E-state index in [0.29, 0.717) is 11.7 Å². The maximum atomic E-state index is 14.1. The molecule has 5 rings (SSSR count). The molecule has 0 saturated carbocycles. The maximum absolute atomic E-state index is 14.1. The smallest absolute Gasteiger partial charge is 0.268 e. The second-order valence-electron chi connectivity index (χ2n) is 7.23. The highest BCUT2D eigenvalue weighted by molar-refractivity contribution is 7.15. The van der Waals surface area contributed by atoms with E-state index in [0.717, 1.165) is 29.9 Å². The summed E-state index contributed by atoms with van der Waals surface area (Å²) >= 11 is 1.69. The summed E-state index contributed by atoms with van der Waals surface area (Å²) in [7, 11) is 0. The predicted molar refractivity (Wildman–Crippen MR) is 100 cm³/mol. The fourth-order valence-electron chi connectivity index (χ4n) is 3.91. The Bertz CT molecular complexity index is 1040. The van der Waals surface area contributed by atoms with Crippen LogP contribution in [0.2, 0.25) is 0 Å². The Balaban J connectivity index is 1.38. The number of aromatic nitrogens is 2. The van der Waals surface area contributed by atoms with Gasteiger partial charge in [0.2, 0.25) is 5.91 Å². The van der Waals surface area contributed by atoms with Gasteiger partial charge in [-0.15, -0.1) is 11.3 Å². The van der Waals surface area contributed by atoms with Gasteiger partial charge in [-0.1, -0.05) is 5.16 Å². The molecule has 1 aromatic carbocycles. The van der Waals surface area contributed by atoms with Crippen molar-refractivity contribution in [2.75, 3.05) is 11.4 Å². The summed E-state index contributed by atoms with van der Waals surface area (Å²) in [6.07, 6.45) is 4.76. The average molecular weight is 401 g/mol. The minimum Gasteiger partial charge on any atom is -0.333 e. The Morgan fingerprint density at radius 3 is 2.86 bits per heavy atom. The van der Waals surface area contributed by atoms with Crippen LogP contribution in [0.15, 0.2) is 28.8 Å². The number of rotatable bonds is 3. The number of carbonyl (C=O) groups is 1. The molecule has 144 valence electrons. The number of thiophene rings is 1. The first-order valence-electron chi connectivity index (χ1n) is 9.29. The minimum absolute atomic E-state index is 0.0727. The number of carbonyl (C=O) groups excluding carboxylic acids is 1. The molecule has 0 spiro atoms. The van der Waals surface area contributed by atoms with Crippen molar-refractivity contribution in [3.8, 4) is 10.8 Å². The van der Waals surface area contributed by atoms with Crippen LogP contribution in [0, 0.1) is 11.6 Å². The zero-order valence-corrected chi connectivity index (χ0v) is 15.8. The van der Waals surface area contributed by atoms with Crippen LogP contribution in [0.5, 0.6) is 0 Å². The SMILES string of the molecule is O=C1CC(c2noc(-c3cc4c(s3)CCCC4)n2)CN1c1ccc(F)cc1F. The van der Waals surface area contributed by atoms with Gasteiger partial charge in [0.05, 0.1) is 10.6 Å². The van der Waals surface area contributed by atoms with E-state index in [-0.39, 0.29) is 30.5 Å². The van der Waals surface area contributed by atoms with Crippen LogP contribution < -0.4 is 4.90 Å². The molecule has 3 heterocycles. The highest BCUT2D eigenvalue weighted by Gasteiger charge is 2.36. The van der Waals surface area contributed by atoms with Crippen molar-refractivity contribution in [1.82, 2.24) is 10.1 Å². The van der Waals surface area contributed by atoms with E-state index < -0.39 is 11.6 Å². The molecule has 5 nitrogen and oxygen atoms in total. The molecular formula is C20H17F2N3O2S. The average Bonchev–Trinajstić information content (AvgIpc) is 3.39. The Morgan fingerprint density at radius 1 is 1.18 bits per heavy atom. The van der Waals surface area contributed by atoms with Gasteiger partial charge in [0.25, 0.3) is 5.89 Å². The van der Waals surface area contributed by atoms with Crippen molar-refractivity contribution in [2.45, 2.75) is 38.0 Å². The number of nitrogens with zero attached hydrogens (tertiary/aromatic N) is 3. The van der Waals surface area contributed by atoms with Crippen molar-refractivity contribution in [1.29, 1.82) is 0 Å². The second kappa shape index (κ2) is 6.77. The van der Waals surface area contributed by atoms with Crippen LogP contribution >= 0.6 is 11.3 Å². The molecule has 1 unspecified atom stereocenters. The molecule has 2 aliphatic rings. The normalized spacial score (nSPS) is 19.3. The minimum atomic E-state index is -0.757. The number of aryl methyl sites for hydroxylation is 2. The summed E-state index contributed by atoms with van der Waals surface area (Å²) in [5.41, 5.74) is 1.43. The fourth-order valence-corrected chi connectivity index (χ4v) is 5.09. The quantitative estimate of drug-likeness (QED) is 0.650. The second-order valence-corrected chi connectivity index (χ2v) is 8.36. The molecule has 1 atom stereocenters. The van der Waals surface area contributed by atoms with Gasteiger partial charge in [-0.3, -0.25) is 4.79 Å². The lowest BCUT2D eigenvalue weighted by Crippen LogP contribution is -2.25. The molecule has 1 amide bonds. The molecule has 2 aromatic heterocycles. The van der Waals surface area contributed by atoms with Crippen LogP contribution in [0.3, 0.4) is 0 Å². The number of benzene rings is 1. The molecule has 3 aromatic rings. The van der Waals surface area contributed by atoms with Crippen molar-refractivity contribution in [3.05, 3.63) is 52.2 Å². The summed E-state index contributed by atoms with van der Waals surface area (Å²) in [6.45, 7) is 0.237. The third kappa shape index (κ3) is 3.01. The van der Waals surface area contributed by atoms with Crippen molar-refractivity contribution < 1.29 is 18.1 Å². The van der Waals surface area contributed by atoms with Gasteiger partial charge in [-0.25, -0.2) is 8.78 Å². The molecule has 1 aliphatic carbocycles. The number of hydrogen-bond acceptors (Lipinski definition) is 5. The molecule has 1 saturated heterocycles. The highest BCUT2D eigenvalue weighted by Crippen LogP contribution is 2.37. The Hall–Kier alpha value is -2.61. The lowest BCUT2D eigenvalue weighted by Gasteiger charge is -2.16. The Labute approximate surface area is 164 Å². The fraction of sp³-hybridized carbons (Fsp3) is 0.350. The Morgan fingerprint density at radius 2 is 2.04 bits per heavy atom. The number of halogens is 2. The third-order valence-electron chi connectivity index (χ3n) is 5.34. The van der Waals surface area contributed by atoms with Crippen LogP contribution in [-0.2, 0) is 17.6 Å². The standard InChI is InChI=1S/C20H17F2N3O2S/c21-13-5-6-15(14(22)9-13)25-10-12(8-18(25)26)19-23-20(27-24-19)17-7-11-3-1-2-4-16(11)28-17/h5-7,9,12H,1-4,8,10H2. The first-order valence-corrected chi connectivity index (χ1v) is 10.1. The van der Waals surface area contributed by atoms with E-state index in [1.165, 1.54) is 34.2 Å². The first-order chi connectivity index (χ1) is 13.6. The number of anilines is 1. The van der Waals surface area contributed by atoms with Gasteiger partial charge in [0.1, 0.15) is 11.6 Å². The summed E-state index contributed by atoms with van der Waals surface area (Å²) in [5.74, 6) is -1.05. The van der Waals surface area contributed by atoms with Gasteiger partial charge in [0.15, 0.2) is 5.82 Å². The zero-order valence-electron chi connectivity index (χ0n) is 15.0. The zero-order chi connectivity index (χ0) is 19.3. The van der Waals surface area contributed by atoms with Crippen molar-refractivity contribution >= 4 is 22.9 Å². The third-order valence-corrected chi connectivity index (χ3v) is 6.56. The van der Waals surface area contributed by atoms with E-state index in [2.05, 4.69) is 16.2 Å².